The van der Waals surface area contributed by atoms with E-state index < -0.39 is 0 Å². The third-order valence-electron chi connectivity index (χ3n) is 2.84. The van der Waals surface area contributed by atoms with Gasteiger partial charge in [-0.25, -0.2) is 0 Å². The van der Waals surface area contributed by atoms with Crippen molar-refractivity contribution in [3.05, 3.63) is 35.0 Å². The number of hydrogen-bond acceptors (Lipinski definition) is 1. The number of halogens is 1. The molecule has 0 aliphatic rings. The molecule has 1 aromatic heterocycles. The SMILES string of the molecule is CCNCc1cn(CC)c2c(Cl)cccc12. The highest BCUT2D eigenvalue weighted by Gasteiger charge is 2.09. The molecule has 86 valence electrons. The molecule has 0 radical (unpaired) electrons. The summed E-state index contributed by atoms with van der Waals surface area (Å²) in [5.74, 6) is 0. The number of benzene rings is 1. The van der Waals surface area contributed by atoms with Gasteiger partial charge in [-0.1, -0.05) is 30.7 Å². The van der Waals surface area contributed by atoms with Crippen LogP contribution in [0.25, 0.3) is 10.9 Å². The van der Waals surface area contributed by atoms with E-state index in [2.05, 4.69) is 36.0 Å². The zero-order valence-electron chi connectivity index (χ0n) is 9.76. The van der Waals surface area contributed by atoms with Crippen molar-refractivity contribution in [3.8, 4) is 0 Å². The van der Waals surface area contributed by atoms with Gasteiger partial charge in [0.1, 0.15) is 0 Å². The monoisotopic (exact) mass is 236 g/mol. The summed E-state index contributed by atoms with van der Waals surface area (Å²) in [5, 5.41) is 5.45. The maximum absolute atomic E-state index is 6.25. The average molecular weight is 237 g/mol. The molecule has 2 nitrogen and oxygen atoms in total. The first-order valence-electron chi connectivity index (χ1n) is 5.74. The van der Waals surface area contributed by atoms with Gasteiger partial charge in [0.2, 0.25) is 0 Å². The minimum atomic E-state index is 0.835. The summed E-state index contributed by atoms with van der Waals surface area (Å²) in [4.78, 5) is 0. The van der Waals surface area contributed by atoms with Gasteiger partial charge in [0.05, 0.1) is 10.5 Å². The zero-order valence-corrected chi connectivity index (χ0v) is 10.5. The molecule has 2 rings (SSSR count). The molecule has 1 heterocycles. The summed E-state index contributed by atoms with van der Waals surface area (Å²) in [6, 6.07) is 6.10. The number of nitrogens with one attached hydrogen (secondary N) is 1. The largest absolute Gasteiger partial charge is 0.346 e. The molecule has 0 saturated carbocycles. The quantitative estimate of drug-likeness (QED) is 0.861. The lowest BCUT2D eigenvalue weighted by molar-refractivity contribution is 0.721. The number of aryl methyl sites for hydroxylation is 1. The van der Waals surface area contributed by atoms with Crippen molar-refractivity contribution in [2.75, 3.05) is 6.54 Å². The molecule has 0 unspecified atom stereocenters. The lowest BCUT2D eigenvalue weighted by Crippen LogP contribution is -2.11. The summed E-state index contributed by atoms with van der Waals surface area (Å²) >= 11 is 6.25. The van der Waals surface area contributed by atoms with E-state index in [4.69, 9.17) is 11.6 Å². The third-order valence-corrected chi connectivity index (χ3v) is 3.14. The molecule has 3 heteroatoms. The molecular weight excluding hydrogens is 220 g/mol. The Bertz CT molecular complexity index is 488. The molecule has 16 heavy (non-hydrogen) atoms. The Balaban J connectivity index is 2.54. The Labute approximate surface area is 101 Å². The van der Waals surface area contributed by atoms with Crippen LogP contribution in [0.5, 0.6) is 0 Å². The van der Waals surface area contributed by atoms with Gasteiger partial charge < -0.3 is 9.88 Å². The van der Waals surface area contributed by atoms with E-state index in [1.165, 1.54) is 10.9 Å². The highest BCUT2D eigenvalue weighted by molar-refractivity contribution is 6.35. The minimum Gasteiger partial charge on any atom is -0.346 e. The summed E-state index contributed by atoms with van der Waals surface area (Å²) in [5.41, 5.74) is 2.47. The predicted molar refractivity (Wildman–Crippen MR) is 70.0 cm³/mol. The number of hydrogen-bond donors (Lipinski definition) is 1. The lowest BCUT2D eigenvalue weighted by atomic mass is 10.2. The molecule has 0 bridgehead atoms. The molecule has 0 fully saturated rings. The molecule has 0 aliphatic heterocycles. The molecule has 1 aromatic carbocycles. The molecule has 0 saturated heterocycles. The summed E-state index contributed by atoms with van der Waals surface area (Å²) in [6.07, 6.45) is 2.19. The number of nitrogens with zero attached hydrogens (tertiary/aromatic N) is 1. The van der Waals surface area contributed by atoms with Crippen LogP contribution >= 0.6 is 11.6 Å². The van der Waals surface area contributed by atoms with E-state index in [1.54, 1.807) is 0 Å². The van der Waals surface area contributed by atoms with Gasteiger partial charge in [0.15, 0.2) is 0 Å². The Morgan fingerprint density at radius 2 is 2.12 bits per heavy atom. The Morgan fingerprint density at radius 1 is 1.31 bits per heavy atom. The van der Waals surface area contributed by atoms with Gasteiger partial charge in [-0.2, -0.15) is 0 Å². The lowest BCUT2D eigenvalue weighted by Gasteiger charge is -2.01. The van der Waals surface area contributed by atoms with Crippen molar-refractivity contribution in [1.82, 2.24) is 9.88 Å². The van der Waals surface area contributed by atoms with Crippen molar-refractivity contribution < 1.29 is 0 Å². The topological polar surface area (TPSA) is 17.0 Å². The minimum absolute atomic E-state index is 0.835. The van der Waals surface area contributed by atoms with E-state index in [1.807, 2.05) is 12.1 Å². The van der Waals surface area contributed by atoms with Crippen LogP contribution in [-0.4, -0.2) is 11.1 Å². The standard InChI is InChI=1S/C13H17ClN2/c1-3-15-8-10-9-16(4-2)13-11(10)6-5-7-12(13)14/h5-7,9,15H,3-4,8H2,1-2H3. The fraction of sp³-hybridized carbons (Fsp3) is 0.385. The van der Waals surface area contributed by atoms with Gasteiger partial charge in [-0.15, -0.1) is 0 Å². The van der Waals surface area contributed by atoms with Crippen molar-refractivity contribution >= 4 is 22.5 Å². The Morgan fingerprint density at radius 3 is 2.81 bits per heavy atom. The first kappa shape index (κ1) is 11.5. The first-order chi connectivity index (χ1) is 7.77. The van der Waals surface area contributed by atoms with Gasteiger partial charge in [0.25, 0.3) is 0 Å². The second-order valence-corrected chi connectivity index (χ2v) is 4.26. The van der Waals surface area contributed by atoms with Crippen LogP contribution < -0.4 is 5.32 Å². The first-order valence-corrected chi connectivity index (χ1v) is 6.12. The summed E-state index contributed by atoms with van der Waals surface area (Å²) in [6.45, 7) is 7.10. The van der Waals surface area contributed by atoms with Crippen molar-refractivity contribution in [3.63, 3.8) is 0 Å². The van der Waals surface area contributed by atoms with Crippen LogP contribution in [0.4, 0.5) is 0 Å². The highest BCUT2D eigenvalue weighted by atomic mass is 35.5. The zero-order chi connectivity index (χ0) is 11.5. The van der Waals surface area contributed by atoms with Crippen LogP contribution in [0.15, 0.2) is 24.4 Å². The van der Waals surface area contributed by atoms with Crippen LogP contribution in [0.2, 0.25) is 5.02 Å². The van der Waals surface area contributed by atoms with Crippen LogP contribution in [-0.2, 0) is 13.1 Å². The molecule has 0 amide bonds. The summed E-state index contributed by atoms with van der Waals surface area (Å²) < 4.78 is 2.21. The molecule has 1 N–H and O–H groups in total. The smallest absolute Gasteiger partial charge is 0.0672 e. The number of para-hydroxylation sites is 1. The molecule has 2 aromatic rings. The van der Waals surface area contributed by atoms with Crippen molar-refractivity contribution in [1.29, 1.82) is 0 Å². The van der Waals surface area contributed by atoms with Crippen LogP contribution in [0.1, 0.15) is 19.4 Å². The second kappa shape index (κ2) is 4.89. The maximum Gasteiger partial charge on any atom is 0.0672 e. The van der Waals surface area contributed by atoms with Gasteiger partial charge in [-0.3, -0.25) is 0 Å². The van der Waals surface area contributed by atoms with E-state index in [9.17, 15) is 0 Å². The van der Waals surface area contributed by atoms with E-state index in [-0.39, 0.29) is 0 Å². The van der Waals surface area contributed by atoms with Crippen LogP contribution in [0.3, 0.4) is 0 Å². The second-order valence-electron chi connectivity index (χ2n) is 3.86. The number of aromatic nitrogens is 1. The van der Waals surface area contributed by atoms with Gasteiger partial charge >= 0.3 is 0 Å². The van der Waals surface area contributed by atoms with E-state index >= 15 is 0 Å². The average Bonchev–Trinajstić information content (AvgIpc) is 2.66. The number of rotatable bonds is 4. The molecule has 0 aliphatic carbocycles. The number of fused-ring (bicyclic) bond motifs is 1. The normalized spacial score (nSPS) is 11.2. The predicted octanol–water partition coefficient (Wildman–Crippen LogP) is 3.42. The fourth-order valence-electron chi connectivity index (χ4n) is 2.04. The molecule has 0 atom stereocenters. The molecular formula is C13H17ClN2. The van der Waals surface area contributed by atoms with Crippen molar-refractivity contribution in [2.24, 2.45) is 0 Å². The van der Waals surface area contributed by atoms with E-state index in [0.717, 1.165) is 30.2 Å². The van der Waals surface area contributed by atoms with Gasteiger partial charge in [-0.05, 0) is 25.1 Å². The Hall–Kier alpha value is -0.990. The fourth-order valence-corrected chi connectivity index (χ4v) is 2.32. The van der Waals surface area contributed by atoms with Gasteiger partial charge in [0, 0.05) is 24.7 Å². The van der Waals surface area contributed by atoms with Crippen molar-refractivity contribution in [2.45, 2.75) is 26.9 Å². The molecule has 0 spiro atoms. The van der Waals surface area contributed by atoms with Crippen LogP contribution in [0, 0.1) is 0 Å². The highest BCUT2D eigenvalue weighted by Crippen LogP contribution is 2.27. The summed E-state index contributed by atoms with van der Waals surface area (Å²) in [7, 11) is 0. The Kier molecular flexibility index (Phi) is 3.52. The van der Waals surface area contributed by atoms with E-state index in [0.29, 0.717) is 0 Å². The third kappa shape index (κ3) is 1.95. The maximum atomic E-state index is 6.25.